The number of thiazole rings is 1. The molecule has 0 amide bonds. The van der Waals surface area contributed by atoms with Crippen molar-refractivity contribution in [3.8, 4) is 0 Å². The van der Waals surface area contributed by atoms with Crippen LogP contribution in [0.4, 0.5) is 10.8 Å². The van der Waals surface area contributed by atoms with Crippen LogP contribution in [-0.4, -0.2) is 36.1 Å². The molecule has 1 aromatic carbocycles. The van der Waals surface area contributed by atoms with E-state index in [4.69, 9.17) is 17.3 Å². The van der Waals surface area contributed by atoms with Crippen molar-refractivity contribution in [3.63, 3.8) is 0 Å². The zero-order chi connectivity index (χ0) is 14.8. The summed E-state index contributed by atoms with van der Waals surface area (Å²) >= 11 is 7.70. The standard InChI is InChI=1S/C15H19ClN4S.ClH/c1-11-2-3-12(16)8-14(11)20-6-4-19(5-7-20)10-13-9-18-15(17)21-13;/h2-3,8-9H,4-7,10H2,1H3,(H2,17,18);1H. The molecule has 0 bridgehead atoms. The van der Waals surface area contributed by atoms with Crippen molar-refractivity contribution in [3.05, 3.63) is 39.9 Å². The second-order valence-corrected chi connectivity index (χ2v) is 6.94. The molecule has 0 radical (unpaired) electrons. The first-order valence-electron chi connectivity index (χ1n) is 7.05. The Bertz CT molecular complexity index is 624. The predicted octanol–water partition coefficient (Wildman–Crippen LogP) is 3.43. The molecule has 0 spiro atoms. The molecule has 2 heterocycles. The average molecular weight is 359 g/mol. The smallest absolute Gasteiger partial charge is 0.180 e. The van der Waals surface area contributed by atoms with Crippen LogP contribution < -0.4 is 10.6 Å². The summed E-state index contributed by atoms with van der Waals surface area (Å²) in [5.74, 6) is 0. The predicted molar refractivity (Wildman–Crippen MR) is 97.5 cm³/mol. The highest BCUT2D eigenvalue weighted by atomic mass is 35.5. The molecule has 120 valence electrons. The molecule has 0 saturated carbocycles. The van der Waals surface area contributed by atoms with Crippen molar-refractivity contribution < 1.29 is 0 Å². The Morgan fingerprint density at radius 1 is 1.27 bits per heavy atom. The van der Waals surface area contributed by atoms with Gasteiger partial charge in [-0.05, 0) is 24.6 Å². The molecule has 1 aliphatic rings. The van der Waals surface area contributed by atoms with Gasteiger partial charge < -0.3 is 10.6 Å². The van der Waals surface area contributed by atoms with E-state index in [1.165, 1.54) is 16.1 Å². The van der Waals surface area contributed by atoms with Crippen molar-refractivity contribution in [2.45, 2.75) is 13.5 Å². The number of halogens is 2. The van der Waals surface area contributed by atoms with E-state index in [0.29, 0.717) is 5.13 Å². The third kappa shape index (κ3) is 4.04. The molecule has 1 fully saturated rings. The van der Waals surface area contributed by atoms with Gasteiger partial charge in [-0.3, -0.25) is 4.90 Å². The summed E-state index contributed by atoms with van der Waals surface area (Å²) in [6.07, 6.45) is 1.88. The Hall–Kier alpha value is -1.01. The van der Waals surface area contributed by atoms with Crippen molar-refractivity contribution in [2.24, 2.45) is 0 Å². The third-order valence-corrected chi connectivity index (χ3v) is 4.88. The van der Waals surface area contributed by atoms with Crippen LogP contribution in [0.1, 0.15) is 10.4 Å². The zero-order valence-electron chi connectivity index (χ0n) is 12.5. The number of hydrogen-bond donors (Lipinski definition) is 1. The summed E-state index contributed by atoms with van der Waals surface area (Å²) in [6.45, 7) is 7.22. The van der Waals surface area contributed by atoms with Crippen LogP contribution in [0.3, 0.4) is 0 Å². The Morgan fingerprint density at radius 2 is 2.00 bits per heavy atom. The van der Waals surface area contributed by atoms with Crippen LogP contribution in [0.15, 0.2) is 24.4 Å². The number of aromatic nitrogens is 1. The zero-order valence-corrected chi connectivity index (χ0v) is 14.8. The van der Waals surface area contributed by atoms with E-state index >= 15 is 0 Å². The lowest BCUT2D eigenvalue weighted by molar-refractivity contribution is 0.251. The maximum atomic E-state index is 6.12. The molecule has 1 saturated heterocycles. The molecule has 4 nitrogen and oxygen atoms in total. The normalized spacial score (nSPS) is 15.6. The van der Waals surface area contributed by atoms with E-state index in [1.807, 2.05) is 12.3 Å². The number of benzene rings is 1. The first-order valence-corrected chi connectivity index (χ1v) is 8.25. The Kier molecular flexibility index (Phi) is 5.92. The fourth-order valence-electron chi connectivity index (χ4n) is 2.69. The Morgan fingerprint density at radius 3 is 2.64 bits per heavy atom. The number of nitrogen functional groups attached to an aromatic ring is 1. The molecule has 3 rings (SSSR count). The topological polar surface area (TPSA) is 45.4 Å². The minimum absolute atomic E-state index is 0. The second kappa shape index (κ2) is 7.51. The van der Waals surface area contributed by atoms with Gasteiger partial charge in [-0.25, -0.2) is 4.98 Å². The lowest BCUT2D eigenvalue weighted by Gasteiger charge is -2.36. The Balaban J connectivity index is 0.00000176. The highest BCUT2D eigenvalue weighted by molar-refractivity contribution is 7.15. The van der Waals surface area contributed by atoms with E-state index in [-0.39, 0.29) is 12.4 Å². The minimum Gasteiger partial charge on any atom is -0.375 e. The lowest BCUT2D eigenvalue weighted by Crippen LogP contribution is -2.46. The van der Waals surface area contributed by atoms with Crippen LogP contribution >= 0.6 is 35.3 Å². The highest BCUT2D eigenvalue weighted by Gasteiger charge is 2.19. The van der Waals surface area contributed by atoms with Crippen LogP contribution in [-0.2, 0) is 6.54 Å². The molecule has 22 heavy (non-hydrogen) atoms. The van der Waals surface area contributed by atoms with Gasteiger partial charge in [-0.2, -0.15) is 0 Å². The molecule has 2 N–H and O–H groups in total. The van der Waals surface area contributed by atoms with E-state index in [1.54, 1.807) is 11.3 Å². The van der Waals surface area contributed by atoms with Gasteiger partial charge in [0, 0.05) is 54.5 Å². The monoisotopic (exact) mass is 358 g/mol. The number of rotatable bonds is 3. The molecule has 7 heteroatoms. The van der Waals surface area contributed by atoms with Gasteiger partial charge in [-0.1, -0.05) is 17.7 Å². The van der Waals surface area contributed by atoms with Crippen LogP contribution in [0.5, 0.6) is 0 Å². The maximum absolute atomic E-state index is 6.12. The van der Waals surface area contributed by atoms with Gasteiger partial charge in [0.1, 0.15) is 0 Å². The quantitative estimate of drug-likeness (QED) is 0.912. The van der Waals surface area contributed by atoms with Gasteiger partial charge >= 0.3 is 0 Å². The minimum atomic E-state index is 0. The first-order chi connectivity index (χ1) is 10.1. The molecule has 2 aromatic rings. The van der Waals surface area contributed by atoms with Crippen molar-refractivity contribution in [2.75, 3.05) is 36.8 Å². The summed E-state index contributed by atoms with van der Waals surface area (Å²) in [4.78, 5) is 10.2. The second-order valence-electron chi connectivity index (χ2n) is 5.36. The maximum Gasteiger partial charge on any atom is 0.180 e. The molecular formula is C15H20Cl2N4S. The Labute approximate surface area is 146 Å². The number of nitrogens with two attached hydrogens (primary N) is 1. The molecule has 1 aromatic heterocycles. The van der Waals surface area contributed by atoms with E-state index in [0.717, 1.165) is 37.7 Å². The number of piperazine rings is 1. The summed E-state index contributed by atoms with van der Waals surface area (Å²) in [5.41, 5.74) is 8.22. The summed E-state index contributed by atoms with van der Waals surface area (Å²) in [5, 5.41) is 1.45. The number of anilines is 2. The van der Waals surface area contributed by atoms with Gasteiger partial charge in [-0.15, -0.1) is 23.7 Å². The highest BCUT2D eigenvalue weighted by Crippen LogP contribution is 2.26. The summed E-state index contributed by atoms with van der Waals surface area (Å²) in [7, 11) is 0. The van der Waals surface area contributed by atoms with Crippen molar-refractivity contribution in [1.82, 2.24) is 9.88 Å². The third-order valence-electron chi connectivity index (χ3n) is 3.84. The number of hydrogen-bond acceptors (Lipinski definition) is 5. The average Bonchev–Trinajstić information content (AvgIpc) is 2.88. The summed E-state index contributed by atoms with van der Waals surface area (Å²) < 4.78 is 0. The molecule has 0 aliphatic carbocycles. The molecular weight excluding hydrogens is 339 g/mol. The van der Waals surface area contributed by atoms with Crippen LogP contribution in [0.2, 0.25) is 5.02 Å². The van der Waals surface area contributed by atoms with E-state index in [9.17, 15) is 0 Å². The van der Waals surface area contributed by atoms with Gasteiger partial charge in [0.05, 0.1) is 0 Å². The van der Waals surface area contributed by atoms with Crippen molar-refractivity contribution >= 4 is 46.2 Å². The largest absolute Gasteiger partial charge is 0.375 e. The van der Waals surface area contributed by atoms with Gasteiger partial charge in [0.2, 0.25) is 0 Å². The van der Waals surface area contributed by atoms with E-state index in [2.05, 4.69) is 33.8 Å². The molecule has 1 aliphatic heterocycles. The number of aryl methyl sites for hydroxylation is 1. The molecule has 0 unspecified atom stereocenters. The summed E-state index contributed by atoms with van der Waals surface area (Å²) in [6, 6.07) is 6.10. The SMILES string of the molecule is Cc1ccc(Cl)cc1N1CCN(Cc2cnc(N)s2)CC1.Cl. The van der Waals surface area contributed by atoms with Crippen LogP contribution in [0.25, 0.3) is 0 Å². The fraction of sp³-hybridized carbons (Fsp3) is 0.400. The van der Waals surface area contributed by atoms with E-state index < -0.39 is 0 Å². The first kappa shape index (κ1) is 17.3. The van der Waals surface area contributed by atoms with Gasteiger partial charge in [0.15, 0.2) is 5.13 Å². The van der Waals surface area contributed by atoms with Crippen molar-refractivity contribution in [1.29, 1.82) is 0 Å². The fourth-order valence-corrected chi connectivity index (χ4v) is 3.58. The number of nitrogens with zero attached hydrogens (tertiary/aromatic N) is 3. The van der Waals surface area contributed by atoms with Crippen LogP contribution in [0, 0.1) is 6.92 Å². The molecule has 0 atom stereocenters. The lowest BCUT2D eigenvalue weighted by atomic mass is 10.1. The van der Waals surface area contributed by atoms with Gasteiger partial charge in [0.25, 0.3) is 0 Å².